The zero-order valence-electron chi connectivity index (χ0n) is 15.1. The summed E-state index contributed by atoms with van der Waals surface area (Å²) in [4.78, 5) is 26.7. The molecule has 0 radical (unpaired) electrons. The lowest BCUT2D eigenvalue weighted by Crippen LogP contribution is -2.42. The van der Waals surface area contributed by atoms with Crippen molar-refractivity contribution >= 4 is 11.9 Å². The minimum atomic E-state index is -0.820. The van der Waals surface area contributed by atoms with Crippen molar-refractivity contribution in [2.24, 2.45) is 0 Å². The van der Waals surface area contributed by atoms with Crippen molar-refractivity contribution in [3.05, 3.63) is 65.2 Å². The van der Waals surface area contributed by atoms with Crippen molar-refractivity contribution in [1.29, 1.82) is 0 Å². The van der Waals surface area contributed by atoms with Gasteiger partial charge in [-0.1, -0.05) is 24.3 Å². The summed E-state index contributed by atoms with van der Waals surface area (Å²) in [5.41, 5.74) is 2.82. The Morgan fingerprint density at radius 3 is 2.46 bits per heavy atom. The molecule has 3 rings (SSSR count). The van der Waals surface area contributed by atoms with Crippen LogP contribution in [0.25, 0.3) is 0 Å². The first kappa shape index (κ1) is 18.0. The molecule has 0 saturated heterocycles. The highest BCUT2D eigenvalue weighted by Gasteiger charge is 2.27. The highest BCUT2D eigenvalue weighted by Crippen LogP contribution is 2.20. The molecule has 136 valence electrons. The van der Waals surface area contributed by atoms with Gasteiger partial charge >= 0.3 is 5.97 Å². The van der Waals surface area contributed by atoms with E-state index in [9.17, 15) is 9.59 Å². The second kappa shape index (κ2) is 8.04. The van der Waals surface area contributed by atoms with Crippen LogP contribution in [0.4, 0.5) is 0 Å². The van der Waals surface area contributed by atoms with Gasteiger partial charge in [0.1, 0.15) is 5.75 Å². The first-order chi connectivity index (χ1) is 12.6. The minimum absolute atomic E-state index is 0.168. The molecule has 0 fully saturated rings. The van der Waals surface area contributed by atoms with Crippen LogP contribution in [0.5, 0.6) is 5.75 Å². The molecule has 2 aromatic carbocycles. The Morgan fingerprint density at radius 2 is 1.77 bits per heavy atom. The maximum atomic E-state index is 12.6. The number of hydrogen-bond acceptors (Lipinski definition) is 4. The molecular weight excluding hydrogens is 330 g/mol. The fourth-order valence-electron chi connectivity index (χ4n) is 3.07. The maximum absolute atomic E-state index is 12.6. The fraction of sp³-hybridized carbons (Fsp3) is 0.333. The summed E-state index contributed by atoms with van der Waals surface area (Å²) < 4.78 is 10.7. The smallest absolute Gasteiger partial charge is 0.338 e. The molecule has 1 aliphatic rings. The predicted molar refractivity (Wildman–Crippen MR) is 98.1 cm³/mol. The first-order valence-corrected chi connectivity index (χ1v) is 8.88. The molecule has 0 aliphatic carbocycles. The number of esters is 1. The number of amides is 1. The second-order valence-electron chi connectivity index (χ2n) is 6.28. The molecule has 5 nitrogen and oxygen atoms in total. The van der Waals surface area contributed by atoms with Crippen LogP contribution in [0.3, 0.4) is 0 Å². The summed E-state index contributed by atoms with van der Waals surface area (Å²) in [6, 6.07) is 14.8. The van der Waals surface area contributed by atoms with Gasteiger partial charge in [0, 0.05) is 13.1 Å². The Balaban J connectivity index is 1.59. The number of carbonyl (C=O) groups excluding carboxylic acids is 2. The molecule has 0 saturated carbocycles. The molecule has 0 unspecified atom stereocenters. The summed E-state index contributed by atoms with van der Waals surface area (Å²) in [5, 5.41) is 0. The Labute approximate surface area is 153 Å². The largest absolute Gasteiger partial charge is 0.494 e. The molecular formula is C21H23NO4. The van der Waals surface area contributed by atoms with Gasteiger partial charge in [-0.3, -0.25) is 4.79 Å². The zero-order chi connectivity index (χ0) is 18.5. The van der Waals surface area contributed by atoms with Gasteiger partial charge in [0.05, 0.1) is 12.2 Å². The third kappa shape index (κ3) is 4.04. The van der Waals surface area contributed by atoms with E-state index in [-0.39, 0.29) is 5.91 Å². The topological polar surface area (TPSA) is 55.8 Å². The molecule has 0 bridgehead atoms. The van der Waals surface area contributed by atoms with E-state index in [2.05, 4.69) is 6.07 Å². The number of ether oxygens (including phenoxy) is 2. The third-order valence-electron chi connectivity index (χ3n) is 4.47. The summed E-state index contributed by atoms with van der Waals surface area (Å²) in [7, 11) is 0. The van der Waals surface area contributed by atoms with E-state index < -0.39 is 12.1 Å². The van der Waals surface area contributed by atoms with E-state index >= 15 is 0 Å². The monoisotopic (exact) mass is 353 g/mol. The average molecular weight is 353 g/mol. The second-order valence-corrected chi connectivity index (χ2v) is 6.28. The Hall–Kier alpha value is -2.82. The maximum Gasteiger partial charge on any atom is 0.338 e. The van der Waals surface area contributed by atoms with E-state index in [0.29, 0.717) is 31.0 Å². The molecule has 1 atom stereocenters. The van der Waals surface area contributed by atoms with Crippen molar-refractivity contribution in [1.82, 2.24) is 4.90 Å². The van der Waals surface area contributed by atoms with E-state index in [1.807, 2.05) is 25.1 Å². The SMILES string of the molecule is CCOc1ccc(C(=O)O[C@H](C)C(=O)N2CCc3ccccc3C2)cc1. The Morgan fingerprint density at radius 1 is 1.08 bits per heavy atom. The van der Waals surface area contributed by atoms with Gasteiger partial charge < -0.3 is 14.4 Å². The molecule has 0 spiro atoms. The van der Waals surface area contributed by atoms with Gasteiger partial charge in [0.25, 0.3) is 5.91 Å². The van der Waals surface area contributed by atoms with Crippen LogP contribution in [0.1, 0.15) is 35.3 Å². The Kier molecular flexibility index (Phi) is 5.56. The minimum Gasteiger partial charge on any atom is -0.494 e. The lowest BCUT2D eigenvalue weighted by Gasteiger charge is -2.30. The van der Waals surface area contributed by atoms with Crippen LogP contribution in [-0.2, 0) is 22.5 Å². The fourth-order valence-corrected chi connectivity index (χ4v) is 3.07. The van der Waals surface area contributed by atoms with Gasteiger partial charge in [-0.05, 0) is 55.7 Å². The van der Waals surface area contributed by atoms with Crippen LogP contribution in [0.15, 0.2) is 48.5 Å². The van der Waals surface area contributed by atoms with Crippen molar-refractivity contribution in [2.45, 2.75) is 32.9 Å². The molecule has 0 N–H and O–H groups in total. The van der Waals surface area contributed by atoms with Crippen LogP contribution >= 0.6 is 0 Å². The molecule has 5 heteroatoms. The summed E-state index contributed by atoms with van der Waals surface area (Å²) in [5.74, 6) is 0.0188. The van der Waals surface area contributed by atoms with Gasteiger partial charge in [0.15, 0.2) is 6.10 Å². The third-order valence-corrected chi connectivity index (χ3v) is 4.47. The number of hydrogen-bond donors (Lipinski definition) is 0. The molecule has 1 aliphatic heterocycles. The van der Waals surface area contributed by atoms with Gasteiger partial charge in [-0.25, -0.2) is 4.79 Å². The standard InChI is InChI=1S/C21H23NO4/c1-3-25-19-10-8-17(9-11-19)21(24)26-15(2)20(23)22-13-12-16-6-4-5-7-18(16)14-22/h4-11,15H,3,12-14H2,1-2H3/t15-/m1/s1. The number of benzene rings is 2. The van der Waals surface area contributed by atoms with Gasteiger partial charge in [-0.2, -0.15) is 0 Å². The molecule has 26 heavy (non-hydrogen) atoms. The summed E-state index contributed by atoms with van der Waals surface area (Å²) in [6.45, 7) is 5.28. The molecule has 1 amide bonds. The highest BCUT2D eigenvalue weighted by molar-refractivity contribution is 5.92. The lowest BCUT2D eigenvalue weighted by molar-refractivity contribution is -0.140. The number of fused-ring (bicyclic) bond motifs is 1. The van der Waals surface area contributed by atoms with Crippen molar-refractivity contribution < 1.29 is 19.1 Å². The van der Waals surface area contributed by atoms with Crippen molar-refractivity contribution in [3.8, 4) is 5.75 Å². The number of carbonyl (C=O) groups is 2. The van der Waals surface area contributed by atoms with Gasteiger partial charge in [-0.15, -0.1) is 0 Å². The normalized spacial score (nSPS) is 14.3. The summed E-state index contributed by atoms with van der Waals surface area (Å²) in [6.07, 6.45) is 0.000839. The molecule has 2 aromatic rings. The van der Waals surface area contributed by atoms with Crippen molar-refractivity contribution in [2.75, 3.05) is 13.2 Å². The summed E-state index contributed by atoms with van der Waals surface area (Å²) >= 11 is 0. The van der Waals surface area contributed by atoms with E-state index in [1.165, 1.54) is 5.56 Å². The number of nitrogens with zero attached hydrogens (tertiary/aromatic N) is 1. The first-order valence-electron chi connectivity index (χ1n) is 8.88. The van der Waals surface area contributed by atoms with E-state index in [4.69, 9.17) is 9.47 Å². The van der Waals surface area contributed by atoms with E-state index in [0.717, 1.165) is 12.0 Å². The van der Waals surface area contributed by atoms with Crippen LogP contribution in [0, 0.1) is 0 Å². The molecule has 0 aromatic heterocycles. The van der Waals surface area contributed by atoms with Crippen LogP contribution in [0.2, 0.25) is 0 Å². The van der Waals surface area contributed by atoms with Crippen LogP contribution < -0.4 is 4.74 Å². The average Bonchev–Trinajstić information content (AvgIpc) is 2.67. The predicted octanol–water partition coefficient (Wildman–Crippen LogP) is 3.22. The van der Waals surface area contributed by atoms with Gasteiger partial charge in [0.2, 0.25) is 0 Å². The molecule has 1 heterocycles. The lowest BCUT2D eigenvalue weighted by atomic mass is 9.99. The highest BCUT2D eigenvalue weighted by atomic mass is 16.5. The Bertz CT molecular complexity index is 785. The number of rotatable bonds is 5. The quantitative estimate of drug-likeness (QED) is 0.775. The van der Waals surface area contributed by atoms with Crippen LogP contribution in [-0.4, -0.2) is 36.0 Å². The zero-order valence-corrected chi connectivity index (χ0v) is 15.1. The van der Waals surface area contributed by atoms with Crippen molar-refractivity contribution in [3.63, 3.8) is 0 Å². The van der Waals surface area contributed by atoms with E-state index in [1.54, 1.807) is 36.1 Å².